The van der Waals surface area contributed by atoms with Gasteiger partial charge in [-0.3, -0.25) is 4.99 Å². The largest absolute Gasteiger partial charge is 0.370 e. The first-order valence-corrected chi connectivity index (χ1v) is 11.5. The summed E-state index contributed by atoms with van der Waals surface area (Å²) in [6, 6.07) is 0. The van der Waals surface area contributed by atoms with Crippen LogP contribution in [0.4, 0.5) is 0 Å². The SMILES string of the molecule is CCCCCCCCCCCCCCCCCCNCCCN=C(N)N. The van der Waals surface area contributed by atoms with E-state index in [1.54, 1.807) is 0 Å². The molecule has 0 aliphatic rings. The quantitative estimate of drug-likeness (QED) is 0.142. The Labute approximate surface area is 164 Å². The third kappa shape index (κ3) is 23.2. The average molecular weight is 369 g/mol. The first-order chi connectivity index (χ1) is 12.8. The summed E-state index contributed by atoms with van der Waals surface area (Å²) in [7, 11) is 0. The highest BCUT2D eigenvalue weighted by molar-refractivity contribution is 5.75. The number of nitrogens with one attached hydrogen (secondary N) is 1. The predicted octanol–water partition coefficient (Wildman–Crippen LogP) is 5.50. The van der Waals surface area contributed by atoms with E-state index in [0.29, 0.717) is 0 Å². The summed E-state index contributed by atoms with van der Waals surface area (Å²) in [5.41, 5.74) is 10.6. The van der Waals surface area contributed by atoms with Gasteiger partial charge < -0.3 is 16.8 Å². The molecule has 0 aromatic heterocycles. The lowest BCUT2D eigenvalue weighted by atomic mass is 10.0. The summed E-state index contributed by atoms with van der Waals surface area (Å²) >= 11 is 0. The Morgan fingerprint density at radius 2 is 0.962 bits per heavy atom. The molecule has 156 valence electrons. The lowest BCUT2D eigenvalue weighted by Gasteiger charge is -2.05. The van der Waals surface area contributed by atoms with E-state index >= 15 is 0 Å². The molecule has 0 radical (unpaired) electrons. The normalized spacial score (nSPS) is 11.0. The van der Waals surface area contributed by atoms with Gasteiger partial charge in [0, 0.05) is 6.54 Å². The van der Waals surface area contributed by atoms with Gasteiger partial charge in [-0.2, -0.15) is 0 Å². The van der Waals surface area contributed by atoms with Gasteiger partial charge in [-0.05, 0) is 25.9 Å². The van der Waals surface area contributed by atoms with Crippen molar-refractivity contribution < 1.29 is 0 Å². The van der Waals surface area contributed by atoms with Gasteiger partial charge in [0.25, 0.3) is 0 Å². The summed E-state index contributed by atoms with van der Waals surface area (Å²) in [6.45, 7) is 5.15. The molecule has 0 heterocycles. The van der Waals surface area contributed by atoms with E-state index in [0.717, 1.165) is 26.1 Å². The first kappa shape index (κ1) is 25.2. The van der Waals surface area contributed by atoms with E-state index in [1.165, 1.54) is 103 Å². The molecular weight excluding hydrogens is 320 g/mol. The molecule has 0 aliphatic heterocycles. The minimum Gasteiger partial charge on any atom is -0.370 e. The molecule has 0 unspecified atom stereocenters. The minimum atomic E-state index is 0.197. The number of unbranched alkanes of at least 4 members (excludes halogenated alkanes) is 15. The van der Waals surface area contributed by atoms with Gasteiger partial charge in [0.1, 0.15) is 0 Å². The second-order valence-corrected chi connectivity index (χ2v) is 7.71. The zero-order valence-corrected chi connectivity index (χ0v) is 17.7. The molecule has 5 N–H and O–H groups in total. The van der Waals surface area contributed by atoms with E-state index in [9.17, 15) is 0 Å². The molecule has 4 heteroatoms. The van der Waals surface area contributed by atoms with Crippen molar-refractivity contribution in [2.45, 2.75) is 116 Å². The van der Waals surface area contributed by atoms with Crippen LogP contribution in [-0.2, 0) is 0 Å². The molecule has 0 saturated carbocycles. The van der Waals surface area contributed by atoms with Gasteiger partial charge in [0.15, 0.2) is 5.96 Å². The number of nitrogens with zero attached hydrogens (tertiary/aromatic N) is 1. The van der Waals surface area contributed by atoms with Gasteiger partial charge in [0.05, 0.1) is 0 Å². The third-order valence-corrected chi connectivity index (χ3v) is 5.01. The highest BCUT2D eigenvalue weighted by Gasteiger charge is 1.95. The van der Waals surface area contributed by atoms with Crippen LogP contribution in [0.15, 0.2) is 4.99 Å². The van der Waals surface area contributed by atoms with Crippen molar-refractivity contribution in [3.05, 3.63) is 0 Å². The highest BCUT2D eigenvalue weighted by Crippen LogP contribution is 2.13. The van der Waals surface area contributed by atoms with E-state index in [1.807, 2.05) is 0 Å². The molecule has 0 saturated heterocycles. The molecular formula is C22H48N4. The number of guanidine groups is 1. The van der Waals surface area contributed by atoms with Gasteiger partial charge in [-0.15, -0.1) is 0 Å². The number of hydrogen-bond acceptors (Lipinski definition) is 2. The molecule has 0 aromatic carbocycles. The second-order valence-electron chi connectivity index (χ2n) is 7.71. The van der Waals surface area contributed by atoms with Crippen molar-refractivity contribution in [2.24, 2.45) is 16.5 Å². The Morgan fingerprint density at radius 3 is 1.38 bits per heavy atom. The van der Waals surface area contributed by atoms with E-state index in [-0.39, 0.29) is 5.96 Å². The molecule has 4 nitrogen and oxygen atoms in total. The molecule has 0 amide bonds. The summed E-state index contributed by atoms with van der Waals surface area (Å²) in [4.78, 5) is 3.97. The van der Waals surface area contributed by atoms with Gasteiger partial charge in [0.2, 0.25) is 0 Å². The first-order valence-electron chi connectivity index (χ1n) is 11.5. The molecule has 26 heavy (non-hydrogen) atoms. The van der Waals surface area contributed by atoms with Crippen LogP contribution in [0.1, 0.15) is 116 Å². The topological polar surface area (TPSA) is 76.4 Å². The van der Waals surface area contributed by atoms with Gasteiger partial charge in [-0.1, -0.05) is 103 Å². The second kappa shape index (κ2) is 22.3. The Hall–Kier alpha value is -0.770. The fourth-order valence-electron chi connectivity index (χ4n) is 3.34. The summed E-state index contributed by atoms with van der Waals surface area (Å²) in [5, 5.41) is 3.46. The minimum absolute atomic E-state index is 0.197. The molecule has 0 fully saturated rings. The van der Waals surface area contributed by atoms with E-state index < -0.39 is 0 Å². The Balaban J connectivity index is 3.00. The lowest BCUT2D eigenvalue weighted by Crippen LogP contribution is -2.23. The number of hydrogen-bond donors (Lipinski definition) is 3. The molecule has 0 bridgehead atoms. The standard InChI is InChI=1S/C22H48N4/c1-2-3-4-5-6-7-8-9-10-11-12-13-14-15-16-17-19-25-20-18-21-26-22(23)24/h25H,2-21H2,1H3,(H4,23,24,26). The van der Waals surface area contributed by atoms with E-state index in [4.69, 9.17) is 11.5 Å². The molecule has 0 aromatic rings. The van der Waals surface area contributed by atoms with Crippen LogP contribution in [0.25, 0.3) is 0 Å². The van der Waals surface area contributed by atoms with Crippen LogP contribution < -0.4 is 16.8 Å². The fraction of sp³-hybridized carbons (Fsp3) is 0.955. The molecule has 0 spiro atoms. The highest BCUT2D eigenvalue weighted by atomic mass is 15.0. The summed E-state index contributed by atoms with van der Waals surface area (Å²) in [5.74, 6) is 0.197. The van der Waals surface area contributed by atoms with Crippen molar-refractivity contribution in [3.63, 3.8) is 0 Å². The third-order valence-electron chi connectivity index (χ3n) is 5.01. The Morgan fingerprint density at radius 1 is 0.577 bits per heavy atom. The molecule has 0 rings (SSSR count). The summed E-state index contributed by atoms with van der Waals surface area (Å²) < 4.78 is 0. The van der Waals surface area contributed by atoms with Crippen LogP contribution in [-0.4, -0.2) is 25.6 Å². The maximum absolute atomic E-state index is 5.28. The van der Waals surface area contributed by atoms with Crippen LogP contribution in [0.2, 0.25) is 0 Å². The van der Waals surface area contributed by atoms with Crippen molar-refractivity contribution in [1.29, 1.82) is 0 Å². The van der Waals surface area contributed by atoms with Crippen LogP contribution in [0.5, 0.6) is 0 Å². The number of rotatable bonds is 21. The fourth-order valence-corrected chi connectivity index (χ4v) is 3.34. The van der Waals surface area contributed by atoms with Crippen molar-refractivity contribution >= 4 is 5.96 Å². The zero-order chi connectivity index (χ0) is 19.1. The number of aliphatic imine (C=N–C) groups is 1. The van der Waals surface area contributed by atoms with Gasteiger partial charge >= 0.3 is 0 Å². The smallest absolute Gasteiger partial charge is 0.185 e. The van der Waals surface area contributed by atoms with Crippen molar-refractivity contribution in [1.82, 2.24) is 5.32 Å². The number of nitrogens with two attached hydrogens (primary N) is 2. The van der Waals surface area contributed by atoms with E-state index in [2.05, 4.69) is 17.2 Å². The van der Waals surface area contributed by atoms with Crippen LogP contribution in [0.3, 0.4) is 0 Å². The maximum atomic E-state index is 5.28. The monoisotopic (exact) mass is 368 g/mol. The van der Waals surface area contributed by atoms with Crippen LogP contribution in [0, 0.1) is 0 Å². The molecule has 0 aliphatic carbocycles. The Kier molecular flexibility index (Phi) is 21.6. The maximum Gasteiger partial charge on any atom is 0.185 e. The predicted molar refractivity (Wildman–Crippen MR) is 118 cm³/mol. The van der Waals surface area contributed by atoms with Crippen LogP contribution >= 0.6 is 0 Å². The van der Waals surface area contributed by atoms with Crippen molar-refractivity contribution in [3.8, 4) is 0 Å². The summed E-state index contributed by atoms with van der Waals surface area (Å²) in [6.07, 6.45) is 23.8. The van der Waals surface area contributed by atoms with Gasteiger partial charge in [-0.25, -0.2) is 0 Å². The molecule has 0 atom stereocenters. The zero-order valence-electron chi connectivity index (χ0n) is 17.7. The Bertz CT molecular complexity index is 288. The average Bonchev–Trinajstić information content (AvgIpc) is 2.62. The lowest BCUT2D eigenvalue weighted by molar-refractivity contribution is 0.524. The van der Waals surface area contributed by atoms with Crippen molar-refractivity contribution in [2.75, 3.05) is 19.6 Å².